The summed E-state index contributed by atoms with van der Waals surface area (Å²) in [6, 6.07) is 13.6. The van der Waals surface area contributed by atoms with E-state index >= 15 is 0 Å². The molecule has 7 nitrogen and oxygen atoms in total. The highest BCUT2D eigenvalue weighted by atomic mass is 35.5. The molecule has 2 amide bonds. The number of unbranched alkanes of at least 4 members (excludes halogenated alkanes) is 3. The SMILES string of the molecule is CCCCCCOc1ccc(C(=O)NC(=S)NNC(=O)COc2ccccc2Cl)cc1. The molecule has 0 spiro atoms. The fraction of sp³-hybridized carbons (Fsp3) is 0.318. The monoisotopic (exact) mass is 463 g/mol. The third-order valence-corrected chi connectivity index (χ3v) is 4.64. The van der Waals surface area contributed by atoms with Crippen LogP contribution in [0.3, 0.4) is 0 Å². The highest BCUT2D eigenvalue weighted by molar-refractivity contribution is 7.80. The molecule has 0 atom stereocenters. The molecule has 0 unspecified atom stereocenters. The van der Waals surface area contributed by atoms with Crippen molar-refractivity contribution in [1.82, 2.24) is 16.2 Å². The molecule has 2 rings (SSSR count). The van der Waals surface area contributed by atoms with E-state index in [9.17, 15) is 9.59 Å². The molecule has 0 aliphatic carbocycles. The summed E-state index contributed by atoms with van der Waals surface area (Å²) in [5.74, 6) is 0.202. The number of nitrogens with one attached hydrogen (secondary N) is 3. The predicted octanol–water partition coefficient (Wildman–Crippen LogP) is 4.01. The Labute approximate surface area is 192 Å². The van der Waals surface area contributed by atoms with E-state index in [1.165, 1.54) is 12.8 Å². The van der Waals surface area contributed by atoms with Crippen LogP contribution >= 0.6 is 23.8 Å². The largest absolute Gasteiger partial charge is 0.494 e. The number of benzene rings is 2. The number of halogens is 1. The van der Waals surface area contributed by atoms with E-state index in [0.717, 1.165) is 12.8 Å². The Morgan fingerprint density at radius 1 is 0.968 bits per heavy atom. The Kier molecular flexibility index (Phi) is 10.6. The van der Waals surface area contributed by atoms with Crippen molar-refractivity contribution < 1.29 is 19.1 Å². The van der Waals surface area contributed by atoms with Gasteiger partial charge in [-0.15, -0.1) is 0 Å². The van der Waals surface area contributed by atoms with Gasteiger partial charge in [0.1, 0.15) is 11.5 Å². The maximum atomic E-state index is 12.3. The van der Waals surface area contributed by atoms with Gasteiger partial charge in [-0.2, -0.15) is 0 Å². The number of hydrogen-bond acceptors (Lipinski definition) is 5. The Morgan fingerprint density at radius 2 is 1.71 bits per heavy atom. The van der Waals surface area contributed by atoms with Crippen molar-refractivity contribution in [2.45, 2.75) is 32.6 Å². The van der Waals surface area contributed by atoms with Crippen LogP contribution in [0.5, 0.6) is 11.5 Å². The lowest BCUT2D eigenvalue weighted by molar-refractivity contribution is -0.123. The first-order valence-corrected chi connectivity index (χ1v) is 10.8. The molecular weight excluding hydrogens is 438 g/mol. The standard InChI is InChI=1S/C22H26ClN3O4S/c1-2-3-4-7-14-29-17-12-10-16(11-13-17)21(28)24-22(31)26-25-20(27)15-30-19-9-6-5-8-18(19)23/h5-6,8-13H,2-4,7,14-15H2,1H3,(H,25,27)(H2,24,26,28,31). The van der Waals surface area contributed by atoms with E-state index in [1.807, 2.05) is 0 Å². The zero-order valence-electron chi connectivity index (χ0n) is 17.3. The molecule has 0 aromatic heterocycles. The summed E-state index contributed by atoms with van der Waals surface area (Å²) in [5.41, 5.74) is 5.21. The first-order valence-electron chi connectivity index (χ1n) is 10.00. The molecule has 2 aromatic carbocycles. The van der Waals surface area contributed by atoms with E-state index in [-0.39, 0.29) is 11.7 Å². The molecule has 0 saturated carbocycles. The number of thiocarbonyl (C=S) groups is 1. The second-order valence-corrected chi connectivity index (χ2v) is 7.42. The summed E-state index contributed by atoms with van der Waals surface area (Å²) < 4.78 is 11.0. The molecule has 2 aromatic rings. The van der Waals surface area contributed by atoms with Crippen LogP contribution < -0.4 is 25.6 Å². The van der Waals surface area contributed by atoms with Crippen LogP contribution in [0.2, 0.25) is 5.02 Å². The number of ether oxygens (including phenoxy) is 2. The van der Waals surface area contributed by atoms with E-state index in [4.69, 9.17) is 33.3 Å². The van der Waals surface area contributed by atoms with Gasteiger partial charge in [0.2, 0.25) is 0 Å². The summed E-state index contributed by atoms with van der Waals surface area (Å²) in [4.78, 5) is 24.1. The molecule has 0 aliphatic rings. The summed E-state index contributed by atoms with van der Waals surface area (Å²) >= 11 is 11.0. The number of hydrogen-bond donors (Lipinski definition) is 3. The second kappa shape index (κ2) is 13.5. The van der Waals surface area contributed by atoms with Crippen molar-refractivity contribution in [2.24, 2.45) is 0 Å². The van der Waals surface area contributed by atoms with Crippen molar-refractivity contribution in [1.29, 1.82) is 0 Å². The Morgan fingerprint density at radius 3 is 2.42 bits per heavy atom. The van der Waals surface area contributed by atoms with Gasteiger partial charge in [-0.05, 0) is 55.0 Å². The number of carbonyl (C=O) groups is 2. The molecule has 0 bridgehead atoms. The molecule has 0 heterocycles. The number of carbonyl (C=O) groups excluding carboxylic acids is 2. The van der Waals surface area contributed by atoms with Crippen molar-refractivity contribution >= 4 is 40.7 Å². The molecule has 31 heavy (non-hydrogen) atoms. The Hall–Kier alpha value is -2.84. The summed E-state index contributed by atoms with van der Waals surface area (Å²) in [6.45, 7) is 2.54. The number of para-hydroxylation sites is 1. The van der Waals surface area contributed by atoms with Gasteiger partial charge in [-0.25, -0.2) is 0 Å². The van der Waals surface area contributed by atoms with E-state index in [0.29, 0.717) is 28.7 Å². The van der Waals surface area contributed by atoms with Gasteiger partial charge in [0.05, 0.1) is 11.6 Å². The predicted molar refractivity (Wildman–Crippen MR) is 124 cm³/mol. The Balaban J connectivity index is 1.68. The van der Waals surface area contributed by atoms with E-state index < -0.39 is 11.8 Å². The minimum absolute atomic E-state index is 0.0488. The molecular formula is C22H26ClN3O4S. The smallest absolute Gasteiger partial charge is 0.276 e. The molecule has 0 radical (unpaired) electrons. The lowest BCUT2D eigenvalue weighted by atomic mass is 10.2. The number of hydrazine groups is 1. The summed E-state index contributed by atoms with van der Waals surface area (Å²) in [6.07, 6.45) is 4.53. The zero-order valence-corrected chi connectivity index (χ0v) is 18.9. The lowest BCUT2D eigenvalue weighted by Crippen LogP contribution is -2.49. The molecule has 0 saturated heterocycles. The Bertz CT molecular complexity index is 877. The maximum Gasteiger partial charge on any atom is 0.276 e. The molecule has 166 valence electrons. The fourth-order valence-electron chi connectivity index (χ4n) is 2.50. The second-order valence-electron chi connectivity index (χ2n) is 6.61. The summed E-state index contributed by atoms with van der Waals surface area (Å²) in [7, 11) is 0. The number of rotatable bonds is 10. The molecule has 9 heteroatoms. The van der Waals surface area contributed by atoms with Crippen molar-refractivity contribution in [3.8, 4) is 11.5 Å². The zero-order chi connectivity index (χ0) is 22.5. The summed E-state index contributed by atoms with van der Waals surface area (Å²) in [5, 5.41) is 2.84. The van der Waals surface area contributed by atoms with Crippen LogP contribution in [0, 0.1) is 0 Å². The average Bonchev–Trinajstić information content (AvgIpc) is 2.77. The first kappa shape index (κ1) is 24.4. The topological polar surface area (TPSA) is 88.7 Å². The van der Waals surface area contributed by atoms with Crippen LogP contribution in [0.15, 0.2) is 48.5 Å². The minimum atomic E-state index is -0.489. The third kappa shape index (κ3) is 9.23. The van der Waals surface area contributed by atoms with Crippen LogP contribution in [0.25, 0.3) is 0 Å². The van der Waals surface area contributed by atoms with Crippen LogP contribution in [-0.4, -0.2) is 30.1 Å². The normalized spacial score (nSPS) is 10.1. The van der Waals surface area contributed by atoms with Crippen LogP contribution in [0.1, 0.15) is 43.0 Å². The fourth-order valence-corrected chi connectivity index (χ4v) is 2.83. The highest BCUT2D eigenvalue weighted by Crippen LogP contribution is 2.22. The molecule has 0 aliphatic heterocycles. The van der Waals surface area contributed by atoms with Gasteiger partial charge in [0.15, 0.2) is 11.7 Å². The number of amides is 2. The van der Waals surface area contributed by atoms with Gasteiger partial charge < -0.3 is 9.47 Å². The quantitative estimate of drug-likeness (QED) is 0.280. The highest BCUT2D eigenvalue weighted by Gasteiger charge is 2.10. The van der Waals surface area contributed by atoms with Gasteiger partial charge in [0, 0.05) is 5.56 Å². The van der Waals surface area contributed by atoms with E-state index in [2.05, 4.69) is 23.1 Å². The molecule has 3 N–H and O–H groups in total. The van der Waals surface area contributed by atoms with Crippen molar-refractivity contribution in [3.05, 3.63) is 59.1 Å². The van der Waals surface area contributed by atoms with E-state index in [1.54, 1.807) is 48.5 Å². The van der Waals surface area contributed by atoms with Gasteiger partial charge in [0.25, 0.3) is 11.8 Å². The minimum Gasteiger partial charge on any atom is -0.494 e. The maximum absolute atomic E-state index is 12.3. The van der Waals surface area contributed by atoms with Gasteiger partial charge >= 0.3 is 0 Å². The first-order chi connectivity index (χ1) is 15.0. The van der Waals surface area contributed by atoms with Crippen LogP contribution in [-0.2, 0) is 4.79 Å². The van der Waals surface area contributed by atoms with Gasteiger partial charge in [-0.3, -0.25) is 25.8 Å². The molecule has 0 fully saturated rings. The average molecular weight is 464 g/mol. The van der Waals surface area contributed by atoms with Crippen molar-refractivity contribution in [2.75, 3.05) is 13.2 Å². The van der Waals surface area contributed by atoms with Crippen molar-refractivity contribution in [3.63, 3.8) is 0 Å². The van der Waals surface area contributed by atoms with Crippen LogP contribution in [0.4, 0.5) is 0 Å². The van der Waals surface area contributed by atoms with Gasteiger partial charge in [-0.1, -0.05) is 49.9 Å². The third-order valence-electron chi connectivity index (χ3n) is 4.12. The lowest BCUT2D eigenvalue weighted by Gasteiger charge is -2.12.